The Morgan fingerprint density at radius 3 is 2.31 bits per heavy atom. The third-order valence-corrected chi connectivity index (χ3v) is 2.54. The van der Waals surface area contributed by atoms with Gasteiger partial charge in [0, 0.05) is 0 Å². The fourth-order valence-electron chi connectivity index (χ4n) is 1.47. The van der Waals surface area contributed by atoms with Gasteiger partial charge in [-0.1, -0.05) is 39.0 Å². The summed E-state index contributed by atoms with van der Waals surface area (Å²) < 4.78 is 5.63. The van der Waals surface area contributed by atoms with Crippen molar-refractivity contribution >= 4 is 0 Å². The van der Waals surface area contributed by atoms with Crippen molar-refractivity contribution in [1.82, 2.24) is 0 Å². The minimum Gasteiger partial charge on any atom is -0.494 e. The fraction of sp³-hybridized carbons (Fsp3) is 0.467. The van der Waals surface area contributed by atoms with Crippen molar-refractivity contribution in [2.75, 3.05) is 6.61 Å². The van der Waals surface area contributed by atoms with Crippen molar-refractivity contribution in [2.24, 2.45) is 0 Å². The summed E-state index contributed by atoms with van der Waals surface area (Å²) in [7, 11) is 0. The highest BCUT2D eigenvalue weighted by Gasteiger charge is 2.12. The third kappa shape index (κ3) is 4.09. The average molecular weight is 218 g/mol. The van der Waals surface area contributed by atoms with Crippen LogP contribution < -0.4 is 4.74 Å². The molecule has 0 atom stereocenters. The number of ether oxygens (including phenoxy) is 1. The number of benzene rings is 1. The lowest BCUT2D eigenvalue weighted by atomic mass is 9.87. The number of hydrogen-bond acceptors (Lipinski definition) is 1. The van der Waals surface area contributed by atoms with Crippen LogP contribution in [0.15, 0.2) is 36.9 Å². The van der Waals surface area contributed by atoms with Gasteiger partial charge < -0.3 is 4.74 Å². The lowest BCUT2D eigenvalue weighted by Gasteiger charge is -2.19. The number of allylic oxidation sites excluding steroid dienone is 1. The van der Waals surface area contributed by atoms with Crippen molar-refractivity contribution in [1.29, 1.82) is 0 Å². The van der Waals surface area contributed by atoms with Crippen molar-refractivity contribution in [3.8, 4) is 5.75 Å². The molecule has 0 unspecified atom stereocenters. The molecule has 0 aliphatic carbocycles. The van der Waals surface area contributed by atoms with E-state index < -0.39 is 0 Å². The van der Waals surface area contributed by atoms with Crippen molar-refractivity contribution in [2.45, 2.75) is 39.0 Å². The Bertz CT molecular complexity index is 316. The van der Waals surface area contributed by atoms with E-state index in [4.69, 9.17) is 4.74 Å². The number of hydrogen-bond donors (Lipinski definition) is 0. The molecule has 1 nitrogen and oxygen atoms in total. The van der Waals surface area contributed by atoms with Crippen molar-refractivity contribution < 1.29 is 4.74 Å². The summed E-state index contributed by atoms with van der Waals surface area (Å²) in [6.07, 6.45) is 3.97. The van der Waals surface area contributed by atoms with Gasteiger partial charge in [-0.25, -0.2) is 0 Å². The van der Waals surface area contributed by atoms with Gasteiger partial charge in [-0.05, 0) is 36.0 Å². The van der Waals surface area contributed by atoms with E-state index in [-0.39, 0.29) is 5.41 Å². The van der Waals surface area contributed by atoms with Crippen LogP contribution in [0.3, 0.4) is 0 Å². The minimum atomic E-state index is 0.210. The van der Waals surface area contributed by atoms with E-state index >= 15 is 0 Å². The molecule has 0 saturated heterocycles. The molecule has 0 amide bonds. The quantitative estimate of drug-likeness (QED) is 0.528. The molecule has 0 spiro atoms. The zero-order chi connectivity index (χ0) is 12.0. The standard InChI is InChI=1S/C15H22O/c1-5-6-7-12-16-14-10-8-13(9-11-14)15(2,3)4/h5,8-11H,1,6-7,12H2,2-4H3. The fourth-order valence-corrected chi connectivity index (χ4v) is 1.47. The van der Waals surface area contributed by atoms with Crippen LogP contribution >= 0.6 is 0 Å². The second kappa shape index (κ2) is 5.74. The number of unbranched alkanes of at least 4 members (excludes halogenated alkanes) is 1. The molecule has 0 fully saturated rings. The van der Waals surface area contributed by atoms with Crippen LogP contribution in [0, 0.1) is 0 Å². The summed E-state index contributed by atoms with van der Waals surface area (Å²) in [5.41, 5.74) is 1.55. The van der Waals surface area contributed by atoms with Crippen molar-refractivity contribution in [3.05, 3.63) is 42.5 Å². The van der Waals surface area contributed by atoms with E-state index in [2.05, 4.69) is 51.6 Å². The maximum Gasteiger partial charge on any atom is 0.119 e. The Labute approximate surface area is 99.1 Å². The SMILES string of the molecule is C=CCCCOc1ccc(C(C)(C)C)cc1. The van der Waals surface area contributed by atoms with Gasteiger partial charge in [0.15, 0.2) is 0 Å². The first-order valence-electron chi connectivity index (χ1n) is 5.88. The summed E-state index contributed by atoms with van der Waals surface area (Å²) >= 11 is 0. The Hall–Kier alpha value is -1.24. The Balaban J connectivity index is 2.48. The topological polar surface area (TPSA) is 9.23 Å². The summed E-state index contributed by atoms with van der Waals surface area (Å²) in [6.45, 7) is 11.1. The molecule has 1 aromatic rings. The van der Waals surface area contributed by atoms with E-state index in [1.165, 1.54) is 5.56 Å². The predicted octanol–water partition coefficient (Wildman–Crippen LogP) is 4.33. The molecule has 1 heteroatoms. The molecule has 0 N–H and O–H groups in total. The molecular weight excluding hydrogens is 196 g/mol. The van der Waals surface area contributed by atoms with E-state index in [0.29, 0.717) is 0 Å². The molecule has 0 heterocycles. The molecule has 0 radical (unpaired) electrons. The molecular formula is C15H22O. The molecule has 0 saturated carbocycles. The predicted molar refractivity (Wildman–Crippen MR) is 70.1 cm³/mol. The second-order valence-corrected chi connectivity index (χ2v) is 5.05. The maximum absolute atomic E-state index is 5.63. The van der Waals surface area contributed by atoms with Gasteiger partial charge in [0.05, 0.1) is 6.61 Å². The molecule has 1 rings (SSSR count). The third-order valence-electron chi connectivity index (χ3n) is 2.54. The monoisotopic (exact) mass is 218 g/mol. The van der Waals surface area contributed by atoms with E-state index in [0.717, 1.165) is 25.2 Å². The summed E-state index contributed by atoms with van der Waals surface area (Å²) in [6, 6.07) is 8.38. The highest BCUT2D eigenvalue weighted by molar-refractivity contribution is 5.31. The van der Waals surface area contributed by atoms with Crippen LogP contribution in [0.25, 0.3) is 0 Å². The first kappa shape index (κ1) is 12.8. The van der Waals surface area contributed by atoms with Crippen LogP contribution in [0.1, 0.15) is 39.2 Å². The Morgan fingerprint density at radius 2 is 1.81 bits per heavy atom. The maximum atomic E-state index is 5.63. The Morgan fingerprint density at radius 1 is 1.19 bits per heavy atom. The van der Waals surface area contributed by atoms with Crippen LogP contribution in [0.4, 0.5) is 0 Å². The normalized spacial score (nSPS) is 11.2. The van der Waals surface area contributed by atoms with Crippen LogP contribution in [0.2, 0.25) is 0 Å². The largest absolute Gasteiger partial charge is 0.494 e. The molecule has 88 valence electrons. The highest BCUT2D eigenvalue weighted by atomic mass is 16.5. The zero-order valence-corrected chi connectivity index (χ0v) is 10.6. The second-order valence-electron chi connectivity index (χ2n) is 5.05. The van der Waals surface area contributed by atoms with Gasteiger partial charge in [0.2, 0.25) is 0 Å². The van der Waals surface area contributed by atoms with E-state index in [1.54, 1.807) is 0 Å². The lowest BCUT2D eigenvalue weighted by molar-refractivity contribution is 0.312. The van der Waals surface area contributed by atoms with Gasteiger partial charge in [-0.15, -0.1) is 6.58 Å². The lowest BCUT2D eigenvalue weighted by Crippen LogP contribution is -2.10. The van der Waals surface area contributed by atoms with Gasteiger partial charge in [-0.2, -0.15) is 0 Å². The van der Waals surface area contributed by atoms with Crippen molar-refractivity contribution in [3.63, 3.8) is 0 Å². The van der Waals surface area contributed by atoms with Gasteiger partial charge in [0.1, 0.15) is 5.75 Å². The highest BCUT2D eigenvalue weighted by Crippen LogP contribution is 2.24. The smallest absolute Gasteiger partial charge is 0.119 e. The average Bonchev–Trinajstić information content (AvgIpc) is 2.24. The van der Waals surface area contributed by atoms with Gasteiger partial charge in [0.25, 0.3) is 0 Å². The van der Waals surface area contributed by atoms with Gasteiger partial charge >= 0.3 is 0 Å². The summed E-state index contributed by atoms with van der Waals surface area (Å²) in [5, 5.41) is 0. The molecule has 16 heavy (non-hydrogen) atoms. The molecule has 0 aliphatic rings. The first-order chi connectivity index (χ1) is 7.54. The minimum absolute atomic E-state index is 0.210. The molecule has 0 aliphatic heterocycles. The van der Waals surface area contributed by atoms with Crippen LogP contribution in [0.5, 0.6) is 5.75 Å². The Kier molecular flexibility index (Phi) is 4.60. The van der Waals surface area contributed by atoms with Gasteiger partial charge in [-0.3, -0.25) is 0 Å². The zero-order valence-electron chi connectivity index (χ0n) is 10.6. The van der Waals surface area contributed by atoms with E-state index in [9.17, 15) is 0 Å². The molecule has 0 aromatic heterocycles. The van der Waals surface area contributed by atoms with Crippen LogP contribution in [-0.4, -0.2) is 6.61 Å². The number of rotatable bonds is 5. The van der Waals surface area contributed by atoms with E-state index in [1.807, 2.05) is 6.08 Å². The molecule has 0 bridgehead atoms. The van der Waals surface area contributed by atoms with Crippen LogP contribution in [-0.2, 0) is 5.41 Å². The summed E-state index contributed by atoms with van der Waals surface area (Å²) in [4.78, 5) is 0. The summed E-state index contributed by atoms with van der Waals surface area (Å²) in [5.74, 6) is 0.956. The molecule has 1 aromatic carbocycles. The first-order valence-corrected chi connectivity index (χ1v) is 5.88.